The number of phenolic OH excluding ortho intramolecular Hbond substituents is 2. The smallest absolute Gasteiger partial charge is 0.193 e. The number of carbonyl (C=O) groups is 2. The topological polar surface area (TPSA) is 74.6 Å². The number of hydrogen-bond acceptors (Lipinski definition) is 4. The predicted molar refractivity (Wildman–Crippen MR) is 89.5 cm³/mol. The molecule has 0 fully saturated rings. The van der Waals surface area contributed by atoms with Gasteiger partial charge in [-0.3, -0.25) is 9.59 Å². The molecule has 118 valence electrons. The van der Waals surface area contributed by atoms with Crippen LogP contribution >= 0.6 is 0 Å². The maximum atomic E-state index is 12.5. The van der Waals surface area contributed by atoms with E-state index in [1.165, 1.54) is 48.5 Å². The van der Waals surface area contributed by atoms with Gasteiger partial charge in [0, 0.05) is 22.3 Å². The molecule has 0 radical (unpaired) electrons. The summed E-state index contributed by atoms with van der Waals surface area (Å²) in [6.07, 6.45) is 0. The summed E-state index contributed by atoms with van der Waals surface area (Å²) in [7, 11) is 0. The fourth-order valence-corrected chi connectivity index (χ4v) is 2.36. The van der Waals surface area contributed by atoms with Crippen molar-refractivity contribution in [3.63, 3.8) is 0 Å². The largest absolute Gasteiger partial charge is 0.508 e. The second-order valence-corrected chi connectivity index (χ2v) is 5.33. The van der Waals surface area contributed by atoms with Gasteiger partial charge in [0.2, 0.25) is 0 Å². The van der Waals surface area contributed by atoms with E-state index in [2.05, 4.69) is 0 Å². The van der Waals surface area contributed by atoms with Gasteiger partial charge in [0.1, 0.15) is 11.5 Å². The van der Waals surface area contributed by atoms with E-state index in [4.69, 9.17) is 0 Å². The standard InChI is InChI=1S/C20H14O4/c21-17-8-4-13(5-9-17)19(23)15-2-1-3-16(12-15)20(24)14-6-10-18(22)11-7-14/h1-12,21-22H. The van der Waals surface area contributed by atoms with Gasteiger partial charge in [-0.2, -0.15) is 0 Å². The van der Waals surface area contributed by atoms with Crippen LogP contribution in [0.3, 0.4) is 0 Å². The van der Waals surface area contributed by atoms with Gasteiger partial charge in [-0.1, -0.05) is 18.2 Å². The highest BCUT2D eigenvalue weighted by atomic mass is 16.3. The monoisotopic (exact) mass is 318 g/mol. The highest BCUT2D eigenvalue weighted by molar-refractivity contribution is 6.13. The maximum absolute atomic E-state index is 12.5. The van der Waals surface area contributed by atoms with Gasteiger partial charge < -0.3 is 10.2 Å². The molecule has 4 heteroatoms. The van der Waals surface area contributed by atoms with Crippen LogP contribution < -0.4 is 0 Å². The van der Waals surface area contributed by atoms with Gasteiger partial charge in [0.05, 0.1) is 0 Å². The first-order chi connectivity index (χ1) is 11.5. The Kier molecular flexibility index (Phi) is 4.12. The maximum Gasteiger partial charge on any atom is 0.193 e. The number of hydrogen-bond donors (Lipinski definition) is 2. The minimum atomic E-state index is -0.227. The first-order valence-electron chi connectivity index (χ1n) is 7.32. The van der Waals surface area contributed by atoms with Crippen LogP contribution in [0.1, 0.15) is 31.8 Å². The van der Waals surface area contributed by atoms with Crippen molar-refractivity contribution < 1.29 is 19.8 Å². The van der Waals surface area contributed by atoms with E-state index in [1.54, 1.807) is 24.3 Å². The summed E-state index contributed by atoms with van der Waals surface area (Å²) in [5, 5.41) is 18.6. The zero-order valence-corrected chi connectivity index (χ0v) is 12.6. The van der Waals surface area contributed by atoms with Crippen LogP contribution in [0.25, 0.3) is 0 Å². The lowest BCUT2D eigenvalue weighted by Crippen LogP contribution is -2.05. The fraction of sp³-hybridized carbons (Fsp3) is 0. The molecular formula is C20H14O4. The average Bonchev–Trinajstić information content (AvgIpc) is 2.62. The Morgan fingerprint density at radius 2 is 0.917 bits per heavy atom. The SMILES string of the molecule is O=C(c1ccc(O)cc1)c1cccc(C(=O)c2ccc(O)cc2)c1. The summed E-state index contributed by atoms with van der Waals surface area (Å²) >= 11 is 0. The average molecular weight is 318 g/mol. The molecule has 0 aliphatic rings. The summed E-state index contributed by atoms with van der Waals surface area (Å²) < 4.78 is 0. The Hall–Kier alpha value is -3.40. The number of benzene rings is 3. The number of phenols is 2. The number of ketones is 2. The molecule has 0 atom stereocenters. The van der Waals surface area contributed by atoms with Crippen molar-refractivity contribution >= 4 is 11.6 Å². The Bertz CT molecular complexity index is 821. The summed E-state index contributed by atoms with van der Waals surface area (Å²) in [5.41, 5.74) is 1.65. The molecule has 3 aromatic carbocycles. The summed E-state index contributed by atoms with van der Waals surface area (Å²) in [5.74, 6) is -0.281. The molecule has 0 heterocycles. The highest BCUT2D eigenvalue weighted by Crippen LogP contribution is 2.18. The normalized spacial score (nSPS) is 10.3. The van der Waals surface area contributed by atoms with E-state index in [9.17, 15) is 19.8 Å². The summed E-state index contributed by atoms with van der Waals surface area (Å²) in [6.45, 7) is 0. The molecule has 0 amide bonds. The molecule has 0 saturated heterocycles. The van der Waals surface area contributed by atoms with Gasteiger partial charge in [-0.05, 0) is 54.6 Å². The van der Waals surface area contributed by atoms with E-state index >= 15 is 0 Å². The number of carbonyl (C=O) groups excluding carboxylic acids is 2. The van der Waals surface area contributed by atoms with E-state index in [-0.39, 0.29) is 23.1 Å². The molecule has 4 nitrogen and oxygen atoms in total. The first-order valence-corrected chi connectivity index (χ1v) is 7.32. The quantitative estimate of drug-likeness (QED) is 0.721. The van der Waals surface area contributed by atoms with E-state index in [0.29, 0.717) is 22.3 Å². The van der Waals surface area contributed by atoms with Gasteiger partial charge in [0.15, 0.2) is 11.6 Å². The third-order valence-corrected chi connectivity index (χ3v) is 3.65. The van der Waals surface area contributed by atoms with Crippen LogP contribution in [0.2, 0.25) is 0 Å². The molecule has 0 aliphatic heterocycles. The van der Waals surface area contributed by atoms with Crippen molar-refractivity contribution in [2.24, 2.45) is 0 Å². The first kappa shape index (κ1) is 15.5. The van der Waals surface area contributed by atoms with Crippen LogP contribution in [0, 0.1) is 0 Å². The molecule has 0 aliphatic carbocycles. The summed E-state index contributed by atoms with van der Waals surface area (Å²) in [6, 6.07) is 18.4. The van der Waals surface area contributed by atoms with Crippen molar-refractivity contribution in [3.05, 3.63) is 95.1 Å². The zero-order valence-electron chi connectivity index (χ0n) is 12.6. The van der Waals surface area contributed by atoms with Crippen molar-refractivity contribution in [3.8, 4) is 11.5 Å². The molecule has 0 spiro atoms. The van der Waals surface area contributed by atoms with Crippen LogP contribution in [0.5, 0.6) is 11.5 Å². The number of rotatable bonds is 4. The summed E-state index contributed by atoms with van der Waals surface area (Å²) in [4.78, 5) is 25.0. The lowest BCUT2D eigenvalue weighted by Gasteiger charge is -2.05. The minimum Gasteiger partial charge on any atom is -0.508 e. The van der Waals surface area contributed by atoms with E-state index in [0.717, 1.165) is 0 Å². The minimum absolute atomic E-state index is 0.0859. The van der Waals surface area contributed by atoms with E-state index in [1.807, 2.05) is 0 Å². The second-order valence-electron chi connectivity index (χ2n) is 5.33. The number of aromatic hydroxyl groups is 2. The van der Waals surface area contributed by atoms with E-state index < -0.39 is 0 Å². The Morgan fingerprint density at radius 1 is 0.542 bits per heavy atom. The molecule has 0 bridgehead atoms. The van der Waals surface area contributed by atoms with Crippen molar-refractivity contribution in [1.29, 1.82) is 0 Å². The Labute approximate surface area is 138 Å². The highest BCUT2D eigenvalue weighted by Gasteiger charge is 2.14. The third-order valence-electron chi connectivity index (χ3n) is 3.65. The fourth-order valence-electron chi connectivity index (χ4n) is 2.36. The molecule has 0 aromatic heterocycles. The molecular weight excluding hydrogens is 304 g/mol. The zero-order chi connectivity index (χ0) is 17.1. The van der Waals surface area contributed by atoms with Crippen molar-refractivity contribution in [2.75, 3.05) is 0 Å². The van der Waals surface area contributed by atoms with Crippen molar-refractivity contribution in [2.45, 2.75) is 0 Å². The Morgan fingerprint density at radius 3 is 1.29 bits per heavy atom. The molecule has 3 aromatic rings. The molecule has 24 heavy (non-hydrogen) atoms. The third kappa shape index (κ3) is 3.17. The van der Waals surface area contributed by atoms with Gasteiger partial charge in [0.25, 0.3) is 0 Å². The van der Waals surface area contributed by atoms with Crippen LogP contribution in [-0.2, 0) is 0 Å². The van der Waals surface area contributed by atoms with Gasteiger partial charge >= 0.3 is 0 Å². The van der Waals surface area contributed by atoms with Crippen LogP contribution in [0.4, 0.5) is 0 Å². The van der Waals surface area contributed by atoms with Crippen LogP contribution in [0.15, 0.2) is 72.8 Å². The lowest BCUT2D eigenvalue weighted by molar-refractivity contribution is 0.103. The molecule has 2 N–H and O–H groups in total. The molecule has 0 unspecified atom stereocenters. The predicted octanol–water partition coefficient (Wildman–Crippen LogP) is 3.56. The van der Waals surface area contributed by atoms with Crippen LogP contribution in [-0.4, -0.2) is 21.8 Å². The second kappa shape index (κ2) is 6.38. The molecule has 0 saturated carbocycles. The van der Waals surface area contributed by atoms with Gasteiger partial charge in [-0.15, -0.1) is 0 Å². The Balaban J connectivity index is 1.91. The van der Waals surface area contributed by atoms with Crippen molar-refractivity contribution in [1.82, 2.24) is 0 Å². The van der Waals surface area contributed by atoms with Gasteiger partial charge in [-0.25, -0.2) is 0 Å². The lowest BCUT2D eigenvalue weighted by atomic mass is 9.97. The molecule has 3 rings (SSSR count).